The molecule has 0 amide bonds. The van der Waals surface area contributed by atoms with Crippen molar-refractivity contribution in [2.24, 2.45) is 0 Å². The SMILES string of the molecule is CCCn1c(CNc2ccc(F)c([N+](=O)[O-])c2)nc2cc(S(=O)(=O)N(C)C)ccc21. The van der Waals surface area contributed by atoms with Crippen LogP contribution in [0.25, 0.3) is 11.0 Å². The molecule has 1 N–H and O–H groups in total. The summed E-state index contributed by atoms with van der Waals surface area (Å²) in [6, 6.07) is 8.38. The van der Waals surface area contributed by atoms with E-state index in [1.54, 1.807) is 12.1 Å². The Balaban J connectivity index is 1.96. The van der Waals surface area contributed by atoms with E-state index >= 15 is 0 Å². The lowest BCUT2D eigenvalue weighted by molar-refractivity contribution is -0.387. The summed E-state index contributed by atoms with van der Waals surface area (Å²) < 4.78 is 41.5. The first-order chi connectivity index (χ1) is 14.1. The topological polar surface area (TPSA) is 110 Å². The van der Waals surface area contributed by atoms with Crippen LogP contribution in [-0.4, -0.2) is 41.3 Å². The Hall–Kier alpha value is -3.05. The third kappa shape index (κ3) is 4.12. The number of nitro benzene ring substituents is 1. The van der Waals surface area contributed by atoms with Crippen molar-refractivity contribution in [2.75, 3.05) is 19.4 Å². The summed E-state index contributed by atoms with van der Waals surface area (Å²) in [6.45, 7) is 2.90. The van der Waals surface area contributed by atoms with Crippen LogP contribution in [0, 0.1) is 15.9 Å². The lowest BCUT2D eigenvalue weighted by atomic mass is 10.2. The third-order valence-electron chi connectivity index (χ3n) is 4.62. The van der Waals surface area contributed by atoms with Crippen LogP contribution in [0.2, 0.25) is 0 Å². The van der Waals surface area contributed by atoms with Crippen molar-refractivity contribution >= 4 is 32.4 Å². The van der Waals surface area contributed by atoms with Crippen LogP contribution in [0.1, 0.15) is 19.2 Å². The van der Waals surface area contributed by atoms with Crippen LogP contribution in [0.15, 0.2) is 41.3 Å². The Bertz CT molecular complexity index is 1210. The molecule has 0 unspecified atom stereocenters. The minimum Gasteiger partial charge on any atom is -0.378 e. The highest BCUT2D eigenvalue weighted by molar-refractivity contribution is 7.89. The van der Waals surface area contributed by atoms with E-state index in [2.05, 4.69) is 10.3 Å². The molecule has 3 aromatic rings. The van der Waals surface area contributed by atoms with Gasteiger partial charge in [0, 0.05) is 32.4 Å². The van der Waals surface area contributed by atoms with Gasteiger partial charge in [0.25, 0.3) is 0 Å². The van der Waals surface area contributed by atoms with Crippen LogP contribution in [0.4, 0.5) is 15.8 Å². The predicted octanol–water partition coefficient (Wildman–Crippen LogP) is 3.36. The molecule has 0 atom stereocenters. The lowest BCUT2D eigenvalue weighted by Gasteiger charge is -2.11. The summed E-state index contributed by atoms with van der Waals surface area (Å²) in [7, 11) is -0.658. The fourth-order valence-electron chi connectivity index (χ4n) is 3.08. The smallest absolute Gasteiger partial charge is 0.306 e. The molecular formula is C19H22FN5O4S. The van der Waals surface area contributed by atoms with E-state index in [0.717, 1.165) is 28.4 Å². The van der Waals surface area contributed by atoms with Gasteiger partial charge in [-0.2, -0.15) is 4.39 Å². The van der Waals surface area contributed by atoms with E-state index in [0.29, 0.717) is 23.6 Å². The summed E-state index contributed by atoms with van der Waals surface area (Å²) in [4.78, 5) is 14.9. The third-order valence-corrected chi connectivity index (χ3v) is 6.43. The van der Waals surface area contributed by atoms with Crippen LogP contribution < -0.4 is 5.32 Å². The largest absolute Gasteiger partial charge is 0.378 e. The molecule has 0 spiro atoms. The standard InChI is InChI=1S/C19H22FN5O4S/c1-4-9-24-17-8-6-14(30(28,29)23(2)3)11-16(17)22-19(24)12-21-13-5-7-15(20)18(10-13)25(26)27/h5-8,10-11,21H,4,9,12H2,1-3H3. The zero-order valence-corrected chi connectivity index (χ0v) is 17.6. The number of benzene rings is 2. The van der Waals surface area contributed by atoms with Gasteiger partial charge in [-0.1, -0.05) is 6.92 Å². The number of aromatic nitrogens is 2. The van der Waals surface area contributed by atoms with E-state index in [-0.39, 0.29) is 11.4 Å². The molecule has 0 radical (unpaired) electrons. The summed E-state index contributed by atoms with van der Waals surface area (Å²) in [5, 5.41) is 14.0. The Morgan fingerprint density at radius 1 is 1.23 bits per heavy atom. The number of hydrogen-bond acceptors (Lipinski definition) is 6. The van der Waals surface area contributed by atoms with E-state index < -0.39 is 26.5 Å². The number of hydrogen-bond donors (Lipinski definition) is 1. The van der Waals surface area contributed by atoms with Crippen LogP contribution >= 0.6 is 0 Å². The maximum absolute atomic E-state index is 13.5. The molecule has 0 saturated heterocycles. The van der Waals surface area contributed by atoms with Crippen molar-refractivity contribution in [1.29, 1.82) is 0 Å². The monoisotopic (exact) mass is 435 g/mol. The van der Waals surface area contributed by atoms with E-state index in [4.69, 9.17) is 0 Å². The number of fused-ring (bicyclic) bond motifs is 1. The van der Waals surface area contributed by atoms with Crippen LogP contribution in [-0.2, 0) is 23.1 Å². The van der Waals surface area contributed by atoms with Crippen molar-refractivity contribution in [2.45, 2.75) is 31.3 Å². The van der Waals surface area contributed by atoms with E-state index in [9.17, 15) is 22.9 Å². The van der Waals surface area contributed by atoms with Gasteiger partial charge in [-0.25, -0.2) is 17.7 Å². The quantitative estimate of drug-likeness (QED) is 0.429. The van der Waals surface area contributed by atoms with Gasteiger partial charge in [-0.3, -0.25) is 10.1 Å². The first kappa shape index (κ1) is 21.7. The average molecular weight is 435 g/mol. The Morgan fingerprint density at radius 2 is 1.97 bits per heavy atom. The van der Waals surface area contributed by atoms with Gasteiger partial charge in [0.15, 0.2) is 0 Å². The fraction of sp³-hybridized carbons (Fsp3) is 0.316. The minimum absolute atomic E-state index is 0.148. The molecule has 160 valence electrons. The molecule has 1 aromatic heterocycles. The molecule has 0 aliphatic heterocycles. The van der Waals surface area contributed by atoms with Gasteiger partial charge < -0.3 is 9.88 Å². The second-order valence-electron chi connectivity index (χ2n) is 6.89. The maximum Gasteiger partial charge on any atom is 0.306 e. The van der Waals surface area contributed by atoms with Gasteiger partial charge in [0.1, 0.15) is 5.82 Å². The molecule has 0 aliphatic rings. The lowest BCUT2D eigenvalue weighted by Crippen LogP contribution is -2.22. The summed E-state index contributed by atoms with van der Waals surface area (Å²) in [5.74, 6) is -0.267. The second-order valence-corrected chi connectivity index (χ2v) is 9.05. The molecule has 1 heterocycles. The van der Waals surface area contributed by atoms with Gasteiger partial charge in [0.05, 0.1) is 27.4 Å². The minimum atomic E-state index is -3.59. The Kier molecular flexibility index (Phi) is 6.04. The molecule has 11 heteroatoms. The number of imidazole rings is 1. The Morgan fingerprint density at radius 3 is 2.60 bits per heavy atom. The molecule has 30 heavy (non-hydrogen) atoms. The van der Waals surface area contributed by atoms with Crippen molar-refractivity contribution in [3.05, 3.63) is 58.2 Å². The molecule has 2 aromatic carbocycles. The number of nitrogens with zero attached hydrogens (tertiary/aromatic N) is 4. The highest BCUT2D eigenvalue weighted by atomic mass is 32.2. The number of nitro groups is 1. The second kappa shape index (κ2) is 8.36. The number of sulfonamides is 1. The van der Waals surface area contributed by atoms with Crippen LogP contribution in [0.5, 0.6) is 0 Å². The normalized spacial score (nSPS) is 11.9. The Labute approximate surface area is 173 Å². The van der Waals surface area contributed by atoms with Crippen molar-refractivity contribution in [1.82, 2.24) is 13.9 Å². The number of rotatable bonds is 8. The molecule has 3 rings (SSSR count). The fourth-order valence-corrected chi connectivity index (χ4v) is 4.00. The zero-order chi connectivity index (χ0) is 22.1. The first-order valence-electron chi connectivity index (χ1n) is 9.24. The van der Waals surface area contributed by atoms with Gasteiger partial charge >= 0.3 is 5.69 Å². The van der Waals surface area contributed by atoms with Gasteiger partial charge in [-0.15, -0.1) is 0 Å². The highest BCUT2D eigenvalue weighted by Crippen LogP contribution is 2.25. The van der Waals surface area contributed by atoms with Gasteiger partial charge in [0.2, 0.25) is 15.8 Å². The van der Waals surface area contributed by atoms with E-state index in [1.807, 2.05) is 11.5 Å². The van der Waals surface area contributed by atoms with Gasteiger partial charge in [-0.05, 0) is 36.8 Å². The molecule has 9 nitrogen and oxygen atoms in total. The highest BCUT2D eigenvalue weighted by Gasteiger charge is 2.20. The molecule has 0 bridgehead atoms. The average Bonchev–Trinajstić information content (AvgIpc) is 3.04. The first-order valence-corrected chi connectivity index (χ1v) is 10.7. The number of aryl methyl sites for hydroxylation is 1. The number of nitrogens with one attached hydrogen (secondary N) is 1. The maximum atomic E-state index is 13.5. The predicted molar refractivity (Wildman–Crippen MR) is 111 cm³/mol. The summed E-state index contributed by atoms with van der Waals surface area (Å²) in [6.07, 6.45) is 0.832. The van der Waals surface area contributed by atoms with Crippen LogP contribution in [0.3, 0.4) is 0 Å². The number of halogens is 1. The molecule has 0 aliphatic carbocycles. The summed E-state index contributed by atoms with van der Waals surface area (Å²) >= 11 is 0. The van der Waals surface area contributed by atoms with Crippen molar-refractivity contribution < 1.29 is 17.7 Å². The molecule has 0 fully saturated rings. The summed E-state index contributed by atoms with van der Waals surface area (Å²) in [5.41, 5.74) is 1.10. The number of anilines is 1. The zero-order valence-electron chi connectivity index (χ0n) is 16.8. The molecular weight excluding hydrogens is 413 g/mol. The van der Waals surface area contributed by atoms with E-state index in [1.165, 1.54) is 26.2 Å². The van der Waals surface area contributed by atoms with Crippen molar-refractivity contribution in [3.63, 3.8) is 0 Å². The van der Waals surface area contributed by atoms with Crippen molar-refractivity contribution in [3.8, 4) is 0 Å². The molecule has 0 saturated carbocycles.